The maximum absolute atomic E-state index is 12.8. The zero-order valence-corrected chi connectivity index (χ0v) is 22.2. The summed E-state index contributed by atoms with van der Waals surface area (Å²) in [6, 6.07) is 1.92. The van der Waals surface area contributed by atoms with Crippen molar-refractivity contribution in [2.45, 2.75) is 80.9 Å². The Kier molecular flexibility index (Phi) is 6.79. The first kappa shape index (κ1) is 27.9. The molecule has 13 nitrogen and oxygen atoms in total. The van der Waals surface area contributed by atoms with Crippen molar-refractivity contribution in [1.29, 1.82) is 0 Å². The first-order valence-corrected chi connectivity index (χ1v) is 13.1. The maximum atomic E-state index is 12.8. The third kappa shape index (κ3) is 4.11. The number of likely N-dealkylation sites (N-methyl/N-ethyl adjacent to an activating group) is 1. The van der Waals surface area contributed by atoms with Gasteiger partial charge in [0.15, 0.2) is 29.8 Å². The highest BCUT2D eigenvalue weighted by molar-refractivity contribution is 5.89. The average molecular weight is 561 g/mol. The summed E-state index contributed by atoms with van der Waals surface area (Å²) in [7, 11) is 1.95. The molecule has 40 heavy (non-hydrogen) atoms. The smallest absolute Gasteiger partial charge is 0.336 e. The third-order valence-corrected chi connectivity index (χ3v) is 8.61. The number of phenols is 1. The molecule has 1 aromatic carbocycles. The van der Waals surface area contributed by atoms with Gasteiger partial charge in [0.05, 0.1) is 17.4 Å². The summed E-state index contributed by atoms with van der Waals surface area (Å²) >= 11 is 0. The fourth-order valence-electron chi connectivity index (χ4n) is 6.55. The van der Waals surface area contributed by atoms with Gasteiger partial charge in [0.25, 0.3) is 5.91 Å². The highest BCUT2D eigenvalue weighted by atomic mass is 16.6. The number of aliphatic carboxylic acids is 1. The summed E-state index contributed by atoms with van der Waals surface area (Å²) in [5, 5.41) is 44.0. The molecule has 5 rings (SSSR count). The van der Waals surface area contributed by atoms with E-state index in [0.717, 1.165) is 11.1 Å². The number of ether oxygens (including phenoxy) is 3. The molecule has 0 aromatic heterocycles. The number of benzene rings is 1. The number of piperidine rings is 1. The van der Waals surface area contributed by atoms with Gasteiger partial charge in [-0.05, 0) is 58.0 Å². The number of aliphatic hydroxyl groups excluding tert-OH is 1. The van der Waals surface area contributed by atoms with Gasteiger partial charge in [0.2, 0.25) is 0 Å². The molecular formula is C27H32N2O11. The van der Waals surface area contributed by atoms with Crippen LogP contribution in [-0.4, -0.2) is 98.7 Å². The standard InChI is InChI=1S/C27H32N2O11/c1-12(24(34)35)28-23(33)13(2)38-25(36)16(31)11-19(32)39-17-6-7-27(37)18-10-14-4-5-15(30)21-20(14)26(27,22(17)40-21)8-9-29(18)3/h4-6,12-13,16,18,22,30-31,37H,7-11H2,1-3H3,(H,28,33)(H,34,35)/t12-,13-,16-,18+,22-,26-,27+/m0/s1. The van der Waals surface area contributed by atoms with E-state index in [0.29, 0.717) is 19.4 Å². The van der Waals surface area contributed by atoms with E-state index >= 15 is 0 Å². The summed E-state index contributed by atoms with van der Waals surface area (Å²) in [4.78, 5) is 50.1. The molecule has 2 aliphatic heterocycles. The Morgan fingerprint density at radius 2 is 1.98 bits per heavy atom. The van der Waals surface area contributed by atoms with Crippen LogP contribution in [0.3, 0.4) is 0 Å². The lowest BCUT2D eigenvalue weighted by atomic mass is 9.50. The number of rotatable bonds is 8. The second-order valence-corrected chi connectivity index (χ2v) is 10.9. The van der Waals surface area contributed by atoms with Gasteiger partial charge in [-0.1, -0.05) is 6.07 Å². The number of nitrogens with one attached hydrogen (secondary N) is 1. The van der Waals surface area contributed by atoms with Crippen molar-refractivity contribution in [3.63, 3.8) is 0 Å². The van der Waals surface area contributed by atoms with Crippen LogP contribution in [-0.2, 0) is 40.5 Å². The molecule has 1 amide bonds. The van der Waals surface area contributed by atoms with Crippen LogP contribution in [0.5, 0.6) is 11.5 Å². The van der Waals surface area contributed by atoms with Gasteiger partial charge in [-0.15, -0.1) is 0 Å². The minimum Gasteiger partial charge on any atom is -0.504 e. The number of nitrogens with zero attached hydrogens (tertiary/aromatic N) is 1. The summed E-state index contributed by atoms with van der Waals surface area (Å²) in [5.74, 6) is -4.13. The van der Waals surface area contributed by atoms with Crippen LogP contribution in [0, 0.1) is 0 Å². The number of phenolic OH excluding ortho intramolecular Hbond substituents is 1. The Morgan fingerprint density at radius 1 is 1.25 bits per heavy atom. The largest absolute Gasteiger partial charge is 0.504 e. The number of carbonyl (C=O) groups excluding carboxylic acids is 3. The highest BCUT2D eigenvalue weighted by Crippen LogP contribution is 2.65. The number of aromatic hydroxyl groups is 1. The second kappa shape index (κ2) is 9.75. The molecule has 7 atom stereocenters. The van der Waals surface area contributed by atoms with Gasteiger partial charge in [-0.3, -0.25) is 14.4 Å². The molecule has 2 heterocycles. The zero-order chi connectivity index (χ0) is 29.1. The first-order chi connectivity index (χ1) is 18.8. The van der Waals surface area contributed by atoms with Crippen molar-refractivity contribution in [3.8, 4) is 11.5 Å². The number of hydrogen-bond acceptors (Lipinski definition) is 11. The van der Waals surface area contributed by atoms with Crippen LogP contribution in [0.4, 0.5) is 0 Å². The van der Waals surface area contributed by atoms with Crippen molar-refractivity contribution < 1.29 is 53.8 Å². The quantitative estimate of drug-likeness (QED) is 0.256. The van der Waals surface area contributed by atoms with Crippen molar-refractivity contribution in [1.82, 2.24) is 10.2 Å². The molecule has 2 bridgehead atoms. The molecule has 1 spiro atoms. The van der Waals surface area contributed by atoms with Crippen LogP contribution in [0.15, 0.2) is 24.0 Å². The topological polar surface area (TPSA) is 192 Å². The Hall–Kier alpha value is -3.68. The molecule has 1 fully saturated rings. The van der Waals surface area contributed by atoms with Crippen LogP contribution in [0.25, 0.3) is 0 Å². The first-order valence-electron chi connectivity index (χ1n) is 13.1. The summed E-state index contributed by atoms with van der Waals surface area (Å²) < 4.78 is 16.6. The van der Waals surface area contributed by atoms with Gasteiger partial charge in [0, 0.05) is 18.0 Å². The Labute approximate surface area is 229 Å². The molecule has 216 valence electrons. The lowest BCUT2D eigenvalue weighted by molar-refractivity contribution is -0.172. The lowest BCUT2D eigenvalue weighted by Crippen LogP contribution is -2.74. The molecule has 2 aliphatic carbocycles. The number of amides is 1. The van der Waals surface area contributed by atoms with Gasteiger partial charge in [-0.25, -0.2) is 4.79 Å². The van der Waals surface area contributed by atoms with E-state index in [-0.39, 0.29) is 29.7 Å². The van der Waals surface area contributed by atoms with Crippen molar-refractivity contribution >= 4 is 23.8 Å². The minimum absolute atomic E-state index is 0.0815. The molecule has 5 N–H and O–H groups in total. The van der Waals surface area contributed by atoms with E-state index in [9.17, 15) is 34.5 Å². The summed E-state index contributed by atoms with van der Waals surface area (Å²) in [6.45, 7) is 3.07. The van der Waals surface area contributed by atoms with Gasteiger partial charge in [-0.2, -0.15) is 0 Å². The van der Waals surface area contributed by atoms with Gasteiger partial charge < -0.3 is 44.9 Å². The number of esters is 2. The normalized spacial score (nSPS) is 30.1. The van der Waals surface area contributed by atoms with E-state index in [4.69, 9.17) is 19.3 Å². The average Bonchev–Trinajstić information content (AvgIpc) is 3.25. The minimum atomic E-state index is -1.96. The van der Waals surface area contributed by atoms with Crippen LogP contribution in [0.2, 0.25) is 0 Å². The monoisotopic (exact) mass is 560 g/mol. The predicted molar refractivity (Wildman–Crippen MR) is 134 cm³/mol. The fraction of sp³-hybridized carbons (Fsp3) is 0.556. The van der Waals surface area contributed by atoms with Crippen LogP contribution in [0.1, 0.15) is 44.2 Å². The second-order valence-electron chi connectivity index (χ2n) is 10.9. The Bertz CT molecular complexity index is 1310. The molecular weight excluding hydrogens is 528 g/mol. The number of carboxylic acid groups (broad SMARTS) is 1. The molecule has 1 aromatic rings. The number of likely N-dealkylation sites (tertiary alicyclic amines) is 1. The Balaban J connectivity index is 1.30. The highest BCUT2D eigenvalue weighted by Gasteiger charge is 2.72. The zero-order valence-electron chi connectivity index (χ0n) is 22.2. The number of carboxylic acids is 1. The Morgan fingerprint density at radius 3 is 2.67 bits per heavy atom. The van der Waals surface area contributed by atoms with E-state index in [1.54, 1.807) is 12.1 Å². The maximum Gasteiger partial charge on any atom is 0.336 e. The van der Waals surface area contributed by atoms with E-state index in [2.05, 4.69) is 10.2 Å². The van der Waals surface area contributed by atoms with E-state index in [1.807, 2.05) is 13.1 Å². The van der Waals surface area contributed by atoms with Gasteiger partial charge >= 0.3 is 17.9 Å². The molecule has 0 saturated carbocycles. The third-order valence-electron chi connectivity index (χ3n) is 8.61. The predicted octanol–water partition coefficient (Wildman–Crippen LogP) is -0.515. The fourth-order valence-corrected chi connectivity index (χ4v) is 6.55. The SMILES string of the molecule is C[C@H](NC(=O)[C@H](C)OC(=O)[C@@H](O)CC(=O)OC1=CC[C@@]2(O)[C@H]3Cc4ccc(O)c5c4[C@@]2(CCN3C)[C@H]1O5)C(=O)O. The lowest BCUT2D eigenvalue weighted by Gasteiger charge is -2.61. The summed E-state index contributed by atoms with van der Waals surface area (Å²) in [5.41, 5.74) is -0.550. The van der Waals surface area contributed by atoms with Crippen LogP contribution < -0.4 is 10.1 Å². The molecule has 13 heteroatoms. The molecule has 4 aliphatic rings. The van der Waals surface area contributed by atoms with Crippen molar-refractivity contribution in [2.75, 3.05) is 13.6 Å². The van der Waals surface area contributed by atoms with Crippen molar-refractivity contribution in [3.05, 3.63) is 35.1 Å². The van der Waals surface area contributed by atoms with E-state index in [1.165, 1.54) is 13.8 Å². The summed E-state index contributed by atoms with van der Waals surface area (Å²) in [6.07, 6.45) is -2.32. The molecule has 1 saturated heterocycles. The molecule has 0 unspecified atom stereocenters. The number of hydrogen-bond donors (Lipinski definition) is 5. The number of carbonyl (C=O) groups is 4. The van der Waals surface area contributed by atoms with E-state index < -0.39 is 65.6 Å². The number of aliphatic hydroxyl groups is 2. The van der Waals surface area contributed by atoms with Crippen molar-refractivity contribution in [2.24, 2.45) is 0 Å². The molecule has 0 radical (unpaired) electrons. The van der Waals surface area contributed by atoms with Gasteiger partial charge in [0.1, 0.15) is 11.8 Å². The van der Waals surface area contributed by atoms with Crippen LogP contribution >= 0.6 is 0 Å².